The van der Waals surface area contributed by atoms with Gasteiger partial charge in [0.15, 0.2) is 0 Å². The minimum Gasteiger partial charge on any atom is -0.756 e. The summed E-state index contributed by atoms with van der Waals surface area (Å²) in [7, 11) is -4.27. The Bertz CT molecular complexity index is 580. The third kappa shape index (κ3) is 9.85. The fourth-order valence-corrected chi connectivity index (χ4v) is 2.93. The van der Waals surface area contributed by atoms with Crippen molar-refractivity contribution in [1.29, 1.82) is 0 Å². The van der Waals surface area contributed by atoms with Gasteiger partial charge in [-0.2, -0.15) is 0 Å². The van der Waals surface area contributed by atoms with E-state index in [0.29, 0.717) is 0 Å². The Hall–Kier alpha value is -1.49. The van der Waals surface area contributed by atoms with Crippen LogP contribution >= 0.6 is 7.82 Å². The van der Waals surface area contributed by atoms with Gasteiger partial charge < -0.3 is 18.8 Å². The van der Waals surface area contributed by atoms with Crippen LogP contribution in [0.5, 0.6) is 0 Å². The van der Waals surface area contributed by atoms with Crippen molar-refractivity contribution in [3.63, 3.8) is 0 Å². The van der Waals surface area contributed by atoms with Crippen molar-refractivity contribution >= 4 is 7.82 Å². The molecule has 0 fully saturated rings. The Balaban J connectivity index is 0.000000412. The average Bonchev–Trinajstić information content (AvgIpc) is 2.69. The van der Waals surface area contributed by atoms with Crippen LogP contribution < -0.4 is 9.79 Å². The maximum absolute atomic E-state index is 11.6. The van der Waals surface area contributed by atoms with Gasteiger partial charge in [-0.05, 0) is 31.9 Å². The molecule has 0 amide bonds. The molecule has 0 aromatic heterocycles. The molecule has 0 radical (unpaired) electrons. The Morgan fingerprint density at radius 1 is 0.769 bits per heavy atom. The third-order valence-electron chi connectivity index (χ3n) is 3.96. The number of quaternary nitrogens is 1. The van der Waals surface area contributed by atoms with Crippen LogP contribution in [0.4, 0.5) is 0 Å². The highest BCUT2D eigenvalue weighted by molar-refractivity contribution is 7.45. The minimum atomic E-state index is -4.27. The largest absolute Gasteiger partial charge is 0.756 e. The van der Waals surface area contributed by atoms with Gasteiger partial charge in [-0.25, -0.2) is 0 Å². The summed E-state index contributed by atoms with van der Waals surface area (Å²) in [5.74, 6) is 0. The van der Waals surface area contributed by atoms with Crippen molar-refractivity contribution < 1.29 is 23.4 Å². The van der Waals surface area contributed by atoms with E-state index in [9.17, 15) is 9.46 Å². The van der Waals surface area contributed by atoms with Crippen molar-refractivity contribution in [2.24, 2.45) is 0 Å². The summed E-state index contributed by atoms with van der Waals surface area (Å²) < 4.78 is 21.2. The van der Waals surface area contributed by atoms with Crippen molar-refractivity contribution in [3.05, 3.63) is 71.8 Å². The molecule has 2 aromatic rings. The zero-order chi connectivity index (χ0) is 19.3. The molecule has 0 aliphatic heterocycles. The lowest BCUT2D eigenvalue weighted by molar-refractivity contribution is -0.894. The van der Waals surface area contributed by atoms with Crippen LogP contribution in [0.2, 0.25) is 0 Å². The van der Waals surface area contributed by atoms with Crippen LogP contribution in [0.15, 0.2) is 60.7 Å². The Morgan fingerprint density at radius 2 is 1.12 bits per heavy atom. The molecule has 6 heteroatoms. The summed E-state index contributed by atoms with van der Waals surface area (Å²) in [5.41, 5.74) is 1.56. The number of nitrogens with one attached hydrogen (secondary N) is 1. The second-order valence-corrected chi connectivity index (χ2v) is 7.19. The molecule has 0 unspecified atom stereocenters. The predicted octanol–water partition coefficient (Wildman–Crippen LogP) is 2.82. The van der Waals surface area contributed by atoms with Gasteiger partial charge in [0.2, 0.25) is 0 Å². The normalized spacial score (nSPS) is 11.1. The molecule has 0 aliphatic carbocycles. The quantitative estimate of drug-likeness (QED) is 0.681. The van der Waals surface area contributed by atoms with E-state index in [1.807, 2.05) is 36.4 Å². The fraction of sp³-hybridized carbons (Fsp3) is 0.400. The first kappa shape index (κ1) is 22.6. The summed E-state index contributed by atoms with van der Waals surface area (Å²) in [6.07, 6.45) is 0. The molecule has 0 heterocycles. The molecule has 2 rings (SSSR count). The molecular formula is C20H30NO4P. The first-order valence-corrected chi connectivity index (χ1v) is 10.5. The number of hydrogen-bond acceptors (Lipinski definition) is 4. The van der Waals surface area contributed by atoms with E-state index in [2.05, 4.69) is 20.8 Å². The van der Waals surface area contributed by atoms with Gasteiger partial charge in [0.25, 0.3) is 7.82 Å². The Labute approximate surface area is 157 Å². The van der Waals surface area contributed by atoms with Crippen LogP contribution in [0.3, 0.4) is 0 Å². The first-order valence-electron chi connectivity index (χ1n) is 9.02. The van der Waals surface area contributed by atoms with E-state index >= 15 is 0 Å². The summed E-state index contributed by atoms with van der Waals surface area (Å²) in [4.78, 5) is 13.2. The average molecular weight is 379 g/mol. The summed E-state index contributed by atoms with van der Waals surface area (Å²) in [6.45, 7) is 10.5. The van der Waals surface area contributed by atoms with Crippen molar-refractivity contribution in [2.45, 2.75) is 34.0 Å². The van der Waals surface area contributed by atoms with Gasteiger partial charge in [0.1, 0.15) is 0 Å². The SMILES string of the molecule is CC[NH+](CC)CC.O=P([O-])(OCc1ccccc1)OCc1ccccc1. The van der Waals surface area contributed by atoms with Gasteiger partial charge in [-0.3, -0.25) is 4.57 Å². The van der Waals surface area contributed by atoms with E-state index in [-0.39, 0.29) is 13.2 Å². The molecule has 2 aromatic carbocycles. The van der Waals surface area contributed by atoms with Gasteiger partial charge in [0, 0.05) is 0 Å². The highest BCUT2D eigenvalue weighted by atomic mass is 31.2. The molecular weight excluding hydrogens is 349 g/mol. The number of benzene rings is 2. The zero-order valence-electron chi connectivity index (χ0n) is 15.9. The lowest BCUT2D eigenvalue weighted by Crippen LogP contribution is -3.11. The highest BCUT2D eigenvalue weighted by Gasteiger charge is 2.09. The van der Waals surface area contributed by atoms with E-state index in [0.717, 1.165) is 11.1 Å². The molecule has 144 valence electrons. The van der Waals surface area contributed by atoms with Gasteiger partial charge >= 0.3 is 0 Å². The van der Waals surface area contributed by atoms with Gasteiger partial charge in [-0.15, -0.1) is 0 Å². The fourth-order valence-electron chi connectivity index (χ4n) is 2.24. The first-order chi connectivity index (χ1) is 12.5. The van der Waals surface area contributed by atoms with Crippen molar-refractivity contribution in [2.75, 3.05) is 19.6 Å². The standard InChI is InChI=1S/C14H15O4P.C6H15N/c15-19(16,17-11-13-7-3-1-4-8-13)18-12-14-9-5-2-6-10-14;1-4-7(5-2)6-3/h1-10H,11-12H2,(H,15,16);4-6H2,1-3H3. The zero-order valence-corrected chi connectivity index (χ0v) is 16.8. The Morgan fingerprint density at radius 3 is 1.38 bits per heavy atom. The lowest BCUT2D eigenvalue weighted by atomic mass is 10.2. The highest BCUT2D eigenvalue weighted by Crippen LogP contribution is 2.40. The molecule has 0 aliphatic rings. The van der Waals surface area contributed by atoms with Crippen LogP contribution in [0.25, 0.3) is 0 Å². The predicted molar refractivity (Wildman–Crippen MR) is 103 cm³/mol. The molecule has 0 bridgehead atoms. The molecule has 1 N–H and O–H groups in total. The monoisotopic (exact) mass is 379 g/mol. The van der Waals surface area contributed by atoms with Crippen LogP contribution in [0.1, 0.15) is 31.9 Å². The van der Waals surface area contributed by atoms with E-state index in [1.54, 1.807) is 29.2 Å². The molecule has 5 nitrogen and oxygen atoms in total. The number of hydrogen-bond donors (Lipinski definition) is 1. The smallest absolute Gasteiger partial charge is 0.268 e. The summed E-state index contributed by atoms with van der Waals surface area (Å²) in [6, 6.07) is 18.1. The number of phosphoric acid groups is 1. The molecule has 0 saturated heterocycles. The molecule has 26 heavy (non-hydrogen) atoms. The molecule has 0 spiro atoms. The van der Waals surface area contributed by atoms with E-state index in [1.165, 1.54) is 19.6 Å². The number of phosphoric ester groups is 1. The second-order valence-electron chi connectivity index (χ2n) is 5.78. The summed E-state index contributed by atoms with van der Waals surface area (Å²) in [5, 5.41) is 0. The topological polar surface area (TPSA) is 63.0 Å². The maximum atomic E-state index is 11.6. The number of rotatable bonds is 9. The maximum Gasteiger partial charge on any atom is 0.268 e. The van der Waals surface area contributed by atoms with Gasteiger partial charge in [-0.1, -0.05) is 60.7 Å². The third-order valence-corrected chi connectivity index (χ3v) is 4.85. The van der Waals surface area contributed by atoms with E-state index < -0.39 is 7.82 Å². The lowest BCUT2D eigenvalue weighted by Gasteiger charge is -2.22. The summed E-state index contributed by atoms with van der Waals surface area (Å²) >= 11 is 0. The second kappa shape index (κ2) is 12.8. The molecule has 0 saturated carbocycles. The van der Waals surface area contributed by atoms with Crippen LogP contribution in [-0.2, 0) is 26.8 Å². The molecule has 0 atom stereocenters. The van der Waals surface area contributed by atoms with Crippen molar-refractivity contribution in [1.82, 2.24) is 0 Å². The van der Waals surface area contributed by atoms with Crippen molar-refractivity contribution in [3.8, 4) is 0 Å². The Kier molecular flexibility index (Phi) is 11.1. The van der Waals surface area contributed by atoms with Crippen LogP contribution in [0, 0.1) is 0 Å². The van der Waals surface area contributed by atoms with Gasteiger partial charge in [0.05, 0.1) is 32.8 Å². The van der Waals surface area contributed by atoms with E-state index in [4.69, 9.17) is 9.05 Å². The van der Waals surface area contributed by atoms with Crippen LogP contribution in [-0.4, -0.2) is 19.6 Å². The minimum absolute atomic E-state index is 0.0175.